The first-order valence-electron chi connectivity index (χ1n) is 11.1. The Morgan fingerprint density at radius 2 is 2.21 bits per heavy atom. The monoisotopic (exact) mass is 477 g/mol. The molecule has 2 aromatic rings. The number of aliphatic hydroxyl groups excluding tert-OH is 1. The van der Waals surface area contributed by atoms with Crippen LogP contribution in [0.15, 0.2) is 12.7 Å². The third-order valence-electron chi connectivity index (χ3n) is 6.35. The normalized spacial score (nSPS) is 30.9. The van der Waals surface area contributed by atoms with Crippen molar-refractivity contribution in [1.29, 1.82) is 0 Å². The van der Waals surface area contributed by atoms with Crippen molar-refractivity contribution in [3.8, 4) is 0 Å². The van der Waals surface area contributed by atoms with E-state index >= 15 is 0 Å². The number of carbonyl (C=O) groups excluding carboxylic acids is 2. The molecule has 0 bridgehead atoms. The average molecular weight is 478 g/mol. The van der Waals surface area contributed by atoms with Gasteiger partial charge in [-0.15, -0.1) is 0 Å². The molecule has 2 amide bonds. The standard InChI is InChI=1S/C20H27N7O5S/c21-17-16-18(23-8-22-17)27(9-24-16)19-12(5-10(6-28)31-19)32-14(29)4-2-1-3-13-15-11(7-33-13)25-20(30)26-15/h8-13,15,19,28H,1-7H2,(H2,21,22,23)(H2,25,26,30)/t10-,11-,12+,13-,15-,19+/m0/s1. The summed E-state index contributed by atoms with van der Waals surface area (Å²) in [6.45, 7) is -0.180. The van der Waals surface area contributed by atoms with Gasteiger partial charge in [-0.05, 0) is 12.8 Å². The molecule has 0 aliphatic carbocycles. The smallest absolute Gasteiger partial charge is 0.315 e. The highest BCUT2D eigenvalue weighted by atomic mass is 32.2. The molecule has 3 aliphatic heterocycles. The number of amides is 2. The van der Waals surface area contributed by atoms with Crippen LogP contribution in [0.1, 0.15) is 38.3 Å². The summed E-state index contributed by atoms with van der Waals surface area (Å²) >= 11 is 1.86. The molecule has 2 aromatic heterocycles. The minimum absolute atomic E-state index is 0.0896. The van der Waals surface area contributed by atoms with Crippen molar-refractivity contribution in [3.05, 3.63) is 12.7 Å². The minimum atomic E-state index is -0.657. The van der Waals surface area contributed by atoms with E-state index in [0.717, 1.165) is 18.6 Å². The molecule has 0 radical (unpaired) electrons. The molecule has 5 heterocycles. The van der Waals surface area contributed by atoms with Gasteiger partial charge < -0.3 is 30.9 Å². The van der Waals surface area contributed by atoms with Crippen LogP contribution in [0.2, 0.25) is 0 Å². The maximum atomic E-state index is 12.6. The maximum absolute atomic E-state index is 12.6. The highest BCUT2D eigenvalue weighted by Gasteiger charge is 2.43. The van der Waals surface area contributed by atoms with Gasteiger partial charge in [-0.25, -0.2) is 19.7 Å². The van der Waals surface area contributed by atoms with Gasteiger partial charge in [0.15, 0.2) is 17.7 Å². The molecule has 0 unspecified atom stereocenters. The highest BCUT2D eigenvalue weighted by Crippen LogP contribution is 2.35. The van der Waals surface area contributed by atoms with Gasteiger partial charge in [-0.3, -0.25) is 9.36 Å². The molecule has 178 valence electrons. The van der Waals surface area contributed by atoms with E-state index in [-0.39, 0.29) is 36.5 Å². The van der Waals surface area contributed by atoms with Gasteiger partial charge in [0.25, 0.3) is 0 Å². The fourth-order valence-corrected chi connectivity index (χ4v) is 6.27. The maximum Gasteiger partial charge on any atom is 0.315 e. The van der Waals surface area contributed by atoms with E-state index in [1.807, 2.05) is 11.8 Å². The van der Waals surface area contributed by atoms with Crippen LogP contribution in [-0.2, 0) is 14.3 Å². The molecule has 5 N–H and O–H groups in total. The quantitative estimate of drug-likeness (QED) is 0.236. The molecule has 3 aliphatic rings. The second-order valence-corrected chi connectivity index (χ2v) is 9.82. The van der Waals surface area contributed by atoms with Crippen LogP contribution < -0.4 is 16.4 Å². The first-order chi connectivity index (χ1) is 16.0. The lowest BCUT2D eigenvalue weighted by molar-refractivity contribution is -0.155. The van der Waals surface area contributed by atoms with Gasteiger partial charge in [-0.2, -0.15) is 11.8 Å². The first-order valence-corrected chi connectivity index (χ1v) is 12.2. The lowest BCUT2D eigenvalue weighted by Gasteiger charge is -2.20. The fraction of sp³-hybridized carbons (Fsp3) is 0.650. The summed E-state index contributed by atoms with van der Waals surface area (Å²) in [5.74, 6) is 0.868. The summed E-state index contributed by atoms with van der Waals surface area (Å²) in [7, 11) is 0. The number of esters is 1. The molecule has 0 spiro atoms. The Morgan fingerprint density at radius 1 is 1.33 bits per heavy atom. The van der Waals surface area contributed by atoms with Gasteiger partial charge in [0.05, 0.1) is 31.1 Å². The molecule has 0 saturated carbocycles. The number of unbranched alkanes of at least 4 members (excludes halogenated alkanes) is 1. The molecule has 5 rings (SSSR count). The molecule has 13 heteroatoms. The zero-order valence-corrected chi connectivity index (χ0v) is 18.7. The zero-order chi connectivity index (χ0) is 22.9. The number of carbonyl (C=O) groups is 2. The number of rotatable bonds is 8. The number of urea groups is 1. The number of nitrogens with two attached hydrogens (primary N) is 1. The lowest BCUT2D eigenvalue weighted by atomic mass is 10.0. The van der Waals surface area contributed by atoms with E-state index in [1.165, 1.54) is 12.7 Å². The summed E-state index contributed by atoms with van der Waals surface area (Å²) in [4.78, 5) is 36.5. The minimum Gasteiger partial charge on any atom is -0.457 e. The van der Waals surface area contributed by atoms with E-state index in [2.05, 4.69) is 25.6 Å². The van der Waals surface area contributed by atoms with Crippen molar-refractivity contribution in [2.24, 2.45) is 0 Å². The Kier molecular flexibility index (Phi) is 6.25. The number of anilines is 1. The third kappa shape index (κ3) is 4.44. The predicted molar refractivity (Wildman–Crippen MR) is 119 cm³/mol. The highest BCUT2D eigenvalue weighted by molar-refractivity contribution is 8.00. The number of hydrogen-bond donors (Lipinski definition) is 4. The Balaban J connectivity index is 1.15. The van der Waals surface area contributed by atoms with Crippen LogP contribution in [-0.4, -0.2) is 78.5 Å². The van der Waals surface area contributed by atoms with Crippen molar-refractivity contribution in [2.45, 2.75) is 67.9 Å². The predicted octanol–water partition coefficient (Wildman–Crippen LogP) is 0.326. The number of nitrogen functional groups attached to an aromatic ring is 1. The second kappa shape index (κ2) is 9.31. The van der Waals surface area contributed by atoms with Crippen molar-refractivity contribution < 1.29 is 24.2 Å². The molecule has 0 aromatic carbocycles. The zero-order valence-electron chi connectivity index (χ0n) is 17.9. The number of fused-ring (bicyclic) bond motifs is 2. The van der Waals surface area contributed by atoms with Gasteiger partial charge in [-0.1, -0.05) is 6.42 Å². The van der Waals surface area contributed by atoms with Crippen molar-refractivity contribution in [3.63, 3.8) is 0 Å². The summed E-state index contributed by atoms with van der Waals surface area (Å²) in [5, 5.41) is 15.9. The molecule has 12 nitrogen and oxygen atoms in total. The van der Waals surface area contributed by atoms with Crippen LogP contribution in [0.25, 0.3) is 11.2 Å². The number of ether oxygens (including phenoxy) is 2. The Labute approximate surface area is 194 Å². The number of imidazole rings is 1. The molecule has 3 fully saturated rings. The number of aromatic nitrogens is 4. The van der Waals surface area contributed by atoms with E-state index in [1.54, 1.807) is 4.57 Å². The number of thioether (sulfide) groups is 1. The van der Waals surface area contributed by atoms with E-state index < -0.39 is 18.4 Å². The van der Waals surface area contributed by atoms with Gasteiger partial charge in [0, 0.05) is 23.8 Å². The summed E-state index contributed by atoms with van der Waals surface area (Å²) in [5.41, 5.74) is 6.79. The first kappa shape index (κ1) is 22.2. The van der Waals surface area contributed by atoms with Gasteiger partial charge in [0.1, 0.15) is 17.9 Å². The van der Waals surface area contributed by atoms with Gasteiger partial charge in [0.2, 0.25) is 0 Å². The number of nitrogens with zero attached hydrogens (tertiary/aromatic N) is 4. The van der Waals surface area contributed by atoms with E-state index in [0.29, 0.717) is 35.7 Å². The van der Waals surface area contributed by atoms with E-state index in [9.17, 15) is 14.7 Å². The summed E-state index contributed by atoms with van der Waals surface area (Å²) in [6.07, 6.45) is 4.37. The largest absolute Gasteiger partial charge is 0.457 e. The lowest BCUT2D eigenvalue weighted by Crippen LogP contribution is -2.36. The fourth-order valence-electron chi connectivity index (χ4n) is 4.73. The van der Waals surface area contributed by atoms with Crippen molar-refractivity contribution in [1.82, 2.24) is 30.2 Å². The van der Waals surface area contributed by atoms with E-state index in [4.69, 9.17) is 15.2 Å². The third-order valence-corrected chi connectivity index (χ3v) is 7.86. The molecule has 33 heavy (non-hydrogen) atoms. The Bertz CT molecular complexity index is 1040. The van der Waals surface area contributed by atoms with Crippen LogP contribution in [0.3, 0.4) is 0 Å². The number of nitrogens with one attached hydrogen (secondary N) is 2. The van der Waals surface area contributed by atoms with Crippen LogP contribution in [0.5, 0.6) is 0 Å². The Morgan fingerprint density at radius 3 is 3.06 bits per heavy atom. The summed E-state index contributed by atoms with van der Waals surface area (Å²) < 4.78 is 13.3. The second-order valence-electron chi connectivity index (χ2n) is 8.55. The van der Waals surface area contributed by atoms with Crippen molar-refractivity contribution in [2.75, 3.05) is 18.1 Å². The molecule has 3 saturated heterocycles. The Hall–Kier alpha value is -2.64. The molecular formula is C20H27N7O5S. The molecular weight excluding hydrogens is 450 g/mol. The topological polar surface area (TPSA) is 167 Å². The number of hydrogen-bond acceptors (Lipinski definition) is 10. The van der Waals surface area contributed by atoms with Crippen LogP contribution in [0, 0.1) is 0 Å². The van der Waals surface area contributed by atoms with Crippen molar-refractivity contribution >= 4 is 40.7 Å². The number of aliphatic hydroxyl groups is 1. The SMILES string of the molecule is Nc1ncnc2c1ncn2[C@@H]1O[C@H](CO)C[C@H]1OC(=O)CCCC[C@@H]1SC[C@@H]2NC(=O)N[C@@H]21. The van der Waals surface area contributed by atoms with Gasteiger partial charge >= 0.3 is 12.0 Å². The summed E-state index contributed by atoms with van der Waals surface area (Å²) in [6, 6.07) is 0.286. The van der Waals surface area contributed by atoms with Crippen LogP contribution >= 0.6 is 11.8 Å². The van der Waals surface area contributed by atoms with Crippen LogP contribution in [0.4, 0.5) is 10.6 Å². The molecule has 6 atom stereocenters. The average Bonchev–Trinajstić information content (AvgIpc) is 3.55.